The smallest absolute Gasteiger partial charge is 0.414 e. The molecule has 2 amide bonds. The van der Waals surface area contributed by atoms with Crippen molar-refractivity contribution in [1.29, 1.82) is 0 Å². The molecule has 8 nitrogen and oxygen atoms in total. The number of hydrogen-bond acceptors (Lipinski definition) is 6. The van der Waals surface area contributed by atoms with Crippen LogP contribution in [0.5, 0.6) is 0 Å². The van der Waals surface area contributed by atoms with E-state index in [2.05, 4.69) is 29.6 Å². The molecule has 0 spiro atoms. The van der Waals surface area contributed by atoms with E-state index in [4.69, 9.17) is 21.7 Å². The van der Waals surface area contributed by atoms with E-state index in [0.29, 0.717) is 44.1 Å². The van der Waals surface area contributed by atoms with Crippen molar-refractivity contribution in [2.24, 2.45) is 0 Å². The first kappa shape index (κ1) is 25.3. The molecule has 196 valence electrons. The van der Waals surface area contributed by atoms with Crippen molar-refractivity contribution < 1.29 is 23.5 Å². The summed E-state index contributed by atoms with van der Waals surface area (Å²) >= 11 is 4.94. The van der Waals surface area contributed by atoms with Crippen molar-refractivity contribution in [1.82, 2.24) is 10.2 Å². The zero-order chi connectivity index (χ0) is 26.2. The average molecular weight is 527 g/mol. The van der Waals surface area contributed by atoms with Gasteiger partial charge >= 0.3 is 6.09 Å². The second kappa shape index (κ2) is 10.2. The van der Waals surface area contributed by atoms with E-state index in [1.54, 1.807) is 12.1 Å². The summed E-state index contributed by atoms with van der Waals surface area (Å²) in [6, 6.07) is 13.0. The van der Waals surface area contributed by atoms with Crippen molar-refractivity contribution in [3.8, 4) is 0 Å². The molecule has 2 saturated heterocycles. The van der Waals surface area contributed by atoms with Crippen molar-refractivity contribution in [3.63, 3.8) is 0 Å². The molecule has 0 radical (unpaired) electrons. The highest BCUT2D eigenvalue weighted by molar-refractivity contribution is 7.80. The number of carbonyl (C=O) groups is 2. The number of aryl methyl sites for hydroxylation is 1. The molecule has 10 heteroatoms. The molecular formula is C27H31FN4O4S. The van der Waals surface area contributed by atoms with Crippen molar-refractivity contribution in [2.45, 2.75) is 31.3 Å². The third-order valence-electron chi connectivity index (χ3n) is 7.45. The quantitative estimate of drug-likeness (QED) is 0.579. The third-order valence-corrected chi connectivity index (χ3v) is 7.76. The van der Waals surface area contributed by atoms with Crippen LogP contribution in [0.4, 0.5) is 20.6 Å². The lowest BCUT2D eigenvalue weighted by Gasteiger charge is -2.38. The molecule has 0 aromatic heterocycles. The van der Waals surface area contributed by atoms with Gasteiger partial charge in [0.15, 0.2) is 0 Å². The molecule has 1 saturated carbocycles. The van der Waals surface area contributed by atoms with Crippen molar-refractivity contribution >= 4 is 40.8 Å². The van der Waals surface area contributed by atoms with Crippen LogP contribution in [0.15, 0.2) is 42.5 Å². The van der Waals surface area contributed by atoms with Gasteiger partial charge in [-0.3, -0.25) is 9.69 Å². The number of piperazine rings is 1. The zero-order valence-corrected chi connectivity index (χ0v) is 21.9. The predicted molar refractivity (Wildman–Crippen MR) is 143 cm³/mol. The van der Waals surface area contributed by atoms with Crippen LogP contribution in [0, 0.1) is 12.7 Å². The number of halogens is 1. The average Bonchev–Trinajstić information content (AvgIpc) is 3.63. The van der Waals surface area contributed by atoms with Gasteiger partial charge in [-0.15, -0.1) is 0 Å². The Morgan fingerprint density at radius 3 is 2.49 bits per heavy atom. The summed E-state index contributed by atoms with van der Waals surface area (Å²) in [4.78, 5) is 31.0. The van der Waals surface area contributed by atoms with E-state index in [1.807, 2.05) is 16.7 Å². The fourth-order valence-corrected chi connectivity index (χ4v) is 5.19. The first-order valence-electron chi connectivity index (χ1n) is 12.5. The number of hydrogen-bond donors (Lipinski definition) is 1. The number of rotatable bonds is 6. The predicted octanol–water partition coefficient (Wildman–Crippen LogP) is 3.36. The maximum Gasteiger partial charge on any atom is 0.414 e. The standard InChI is InChI=1S/C27H31FN4O4S/c1-18-3-5-19(6-4-18)27(9-10-27)24(33)31-13-11-30(12-14-31)23-8-7-20(15-22(23)28)32-17-21(36-26(32)34)16-29-25(37)35-2/h3-8,15,21H,9-14,16-17H2,1-2H3,(H,29,37). The van der Waals surface area contributed by atoms with E-state index < -0.39 is 23.4 Å². The fraction of sp³-hybridized carbons (Fsp3) is 0.444. The van der Waals surface area contributed by atoms with E-state index in [0.717, 1.165) is 18.4 Å². The minimum Gasteiger partial charge on any atom is -0.474 e. The highest BCUT2D eigenvalue weighted by Gasteiger charge is 2.53. The summed E-state index contributed by atoms with van der Waals surface area (Å²) in [5.41, 5.74) is 2.78. The number of ether oxygens (including phenoxy) is 2. The van der Waals surface area contributed by atoms with Crippen LogP contribution in [0.1, 0.15) is 24.0 Å². The maximum absolute atomic E-state index is 15.2. The van der Waals surface area contributed by atoms with Gasteiger partial charge in [0.05, 0.1) is 37.0 Å². The van der Waals surface area contributed by atoms with Gasteiger partial charge in [0.1, 0.15) is 11.9 Å². The van der Waals surface area contributed by atoms with E-state index in [1.165, 1.54) is 23.6 Å². The Hall–Kier alpha value is -3.40. The van der Waals surface area contributed by atoms with Crippen LogP contribution in [0.25, 0.3) is 0 Å². The second-order valence-corrected chi connectivity index (χ2v) is 10.2. The normalized spacial score (nSPS) is 20.5. The Bertz CT molecular complexity index is 1200. The van der Waals surface area contributed by atoms with Gasteiger partial charge in [-0.05, 0) is 55.7 Å². The minimum absolute atomic E-state index is 0.176. The summed E-state index contributed by atoms with van der Waals surface area (Å²) < 4.78 is 25.4. The largest absolute Gasteiger partial charge is 0.474 e. The molecule has 2 aromatic carbocycles. The van der Waals surface area contributed by atoms with Gasteiger partial charge in [0.2, 0.25) is 5.91 Å². The van der Waals surface area contributed by atoms with Crippen LogP contribution in [-0.4, -0.2) is 74.6 Å². The number of amides is 2. The Morgan fingerprint density at radius 1 is 1.16 bits per heavy atom. The lowest BCUT2D eigenvalue weighted by atomic mass is 9.93. The maximum atomic E-state index is 15.2. The number of benzene rings is 2. The molecule has 2 aliphatic heterocycles. The number of anilines is 2. The first-order chi connectivity index (χ1) is 17.8. The molecule has 2 heterocycles. The van der Waals surface area contributed by atoms with Crippen LogP contribution in [-0.2, 0) is 19.7 Å². The topological polar surface area (TPSA) is 74.4 Å². The Kier molecular flexibility index (Phi) is 6.94. The van der Waals surface area contributed by atoms with Gasteiger partial charge in [-0.1, -0.05) is 29.8 Å². The molecule has 3 fully saturated rings. The van der Waals surface area contributed by atoms with Gasteiger partial charge < -0.3 is 24.6 Å². The van der Waals surface area contributed by atoms with Crippen LogP contribution in [0.3, 0.4) is 0 Å². The Balaban J connectivity index is 1.19. The first-order valence-corrected chi connectivity index (χ1v) is 12.9. The van der Waals surface area contributed by atoms with E-state index in [-0.39, 0.29) is 17.6 Å². The third kappa shape index (κ3) is 5.07. The molecule has 1 aliphatic carbocycles. The monoisotopic (exact) mass is 526 g/mol. The number of methoxy groups -OCH3 is 1. The zero-order valence-electron chi connectivity index (χ0n) is 21.0. The number of thiocarbonyl (C=S) groups is 1. The number of cyclic esters (lactones) is 1. The Morgan fingerprint density at radius 2 is 1.86 bits per heavy atom. The summed E-state index contributed by atoms with van der Waals surface area (Å²) in [6.07, 6.45) is 0.792. The molecule has 1 atom stereocenters. The number of nitrogens with one attached hydrogen (secondary N) is 1. The summed E-state index contributed by atoms with van der Waals surface area (Å²) in [5.74, 6) is -0.236. The minimum atomic E-state index is -0.531. The summed E-state index contributed by atoms with van der Waals surface area (Å²) in [6.45, 7) is 4.82. The molecular weight excluding hydrogens is 495 g/mol. The molecule has 0 bridgehead atoms. The highest BCUT2D eigenvalue weighted by atomic mass is 32.1. The van der Waals surface area contributed by atoms with Crippen molar-refractivity contribution in [3.05, 3.63) is 59.4 Å². The second-order valence-electron chi connectivity index (χ2n) is 9.85. The van der Waals surface area contributed by atoms with E-state index in [9.17, 15) is 9.59 Å². The summed E-state index contributed by atoms with van der Waals surface area (Å²) in [7, 11) is 1.46. The van der Waals surface area contributed by atoms with Gasteiger partial charge in [-0.25, -0.2) is 9.18 Å². The Labute approximate surface area is 221 Å². The molecule has 5 rings (SSSR count). The van der Waals surface area contributed by atoms with Crippen LogP contribution >= 0.6 is 12.2 Å². The lowest BCUT2D eigenvalue weighted by molar-refractivity contribution is -0.134. The van der Waals surface area contributed by atoms with Gasteiger partial charge in [-0.2, -0.15) is 0 Å². The summed E-state index contributed by atoms with van der Waals surface area (Å²) in [5, 5.41) is 3.08. The fourth-order valence-electron chi connectivity index (χ4n) is 5.10. The van der Waals surface area contributed by atoms with Crippen molar-refractivity contribution in [2.75, 3.05) is 56.2 Å². The molecule has 2 aromatic rings. The number of carbonyl (C=O) groups excluding carboxylic acids is 2. The molecule has 37 heavy (non-hydrogen) atoms. The SMILES string of the molecule is COC(=S)NCC1CN(c2ccc(N3CCN(C(=O)C4(c5ccc(C)cc5)CC4)CC3)c(F)c2)C(=O)O1. The molecule has 1 unspecified atom stereocenters. The van der Waals surface area contributed by atoms with E-state index >= 15 is 4.39 Å². The highest BCUT2D eigenvalue weighted by Crippen LogP contribution is 2.49. The number of nitrogens with zero attached hydrogens (tertiary/aromatic N) is 3. The van der Waals surface area contributed by atoms with Crippen LogP contribution in [0.2, 0.25) is 0 Å². The van der Waals surface area contributed by atoms with Gasteiger partial charge in [0.25, 0.3) is 5.17 Å². The lowest BCUT2D eigenvalue weighted by Crippen LogP contribution is -2.51. The van der Waals surface area contributed by atoms with Crippen LogP contribution < -0.4 is 15.1 Å². The molecule has 3 aliphatic rings. The molecule has 1 N–H and O–H groups in total. The van der Waals surface area contributed by atoms with Gasteiger partial charge in [0, 0.05) is 26.2 Å².